The lowest BCUT2D eigenvalue weighted by Crippen LogP contribution is -2.31. The Morgan fingerprint density at radius 2 is 1.80 bits per heavy atom. The second-order valence-electron chi connectivity index (χ2n) is 4.83. The minimum atomic E-state index is -1.62. The molecule has 6 nitrogen and oxygen atoms in total. The average molecular weight is 267 g/mol. The lowest BCUT2D eigenvalue weighted by Gasteiger charge is -2.08. The maximum absolute atomic E-state index is 11.9. The zero-order valence-electron chi connectivity index (χ0n) is 10.5. The zero-order valence-corrected chi connectivity index (χ0v) is 10.5. The van der Waals surface area contributed by atoms with Gasteiger partial charge >= 0.3 is 0 Å². The minimum Gasteiger partial charge on any atom is -0.497 e. The molecule has 3 rings (SSSR count). The van der Waals surface area contributed by atoms with E-state index in [1.54, 1.807) is 24.3 Å². The van der Waals surface area contributed by atoms with E-state index in [2.05, 4.69) is 5.32 Å². The van der Waals surface area contributed by atoms with Crippen molar-refractivity contribution >= 4 is 11.8 Å². The van der Waals surface area contributed by atoms with Gasteiger partial charge in [0, 0.05) is 5.92 Å². The predicted octanol–water partition coefficient (Wildman–Crippen LogP) is 0.469. The number of hydrogen-bond donors (Lipinski definition) is 1. The van der Waals surface area contributed by atoms with E-state index in [1.807, 2.05) is 12.1 Å². The molecular formula is C14H9N3O3. The monoisotopic (exact) mass is 267 g/mol. The third kappa shape index (κ3) is 1.03. The Morgan fingerprint density at radius 3 is 2.30 bits per heavy atom. The summed E-state index contributed by atoms with van der Waals surface area (Å²) < 4.78 is 5.09. The van der Waals surface area contributed by atoms with Gasteiger partial charge in [0.25, 0.3) is 0 Å². The standard InChI is InChI=1S/C14H9N3O3/c1-20-9-4-2-3-8(5-9)10-13(6-15)11(18)17-12(19)14(10,13)7-16/h2-5,10H,1H3,(H,17,18,19)/t13-,14-/m1/s1. The van der Waals surface area contributed by atoms with Gasteiger partial charge in [-0.05, 0) is 17.7 Å². The first-order valence-corrected chi connectivity index (χ1v) is 5.91. The van der Waals surface area contributed by atoms with Gasteiger partial charge in [0.1, 0.15) is 5.75 Å². The number of nitrogens with one attached hydrogen (secondary N) is 1. The van der Waals surface area contributed by atoms with Gasteiger partial charge in [-0.25, -0.2) is 0 Å². The van der Waals surface area contributed by atoms with Gasteiger partial charge in [-0.1, -0.05) is 12.1 Å². The number of imide groups is 1. The number of nitrogens with zero attached hydrogens (tertiary/aromatic N) is 2. The second-order valence-corrected chi connectivity index (χ2v) is 4.83. The van der Waals surface area contributed by atoms with E-state index < -0.39 is 28.6 Å². The van der Waals surface area contributed by atoms with Crippen LogP contribution in [0.5, 0.6) is 5.75 Å². The highest BCUT2D eigenvalue weighted by molar-refractivity contribution is 6.19. The van der Waals surface area contributed by atoms with Crippen LogP contribution >= 0.6 is 0 Å². The van der Waals surface area contributed by atoms with Crippen LogP contribution in [0.4, 0.5) is 0 Å². The molecule has 6 heteroatoms. The molecule has 1 saturated carbocycles. The van der Waals surface area contributed by atoms with Gasteiger partial charge in [-0.3, -0.25) is 14.9 Å². The summed E-state index contributed by atoms with van der Waals surface area (Å²) in [6, 6.07) is 10.5. The van der Waals surface area contributed by atoms with Crippen LogP contribution in [-0.2, 0) is 9.59 Å². The summed E-state index contributed by atoms with van der Waals surface area (Å²) in [6.07, 6.45) is 0. The number of rotatable bonds is 2. The predicted molar refractivity (Wildman–Crippen MR) is 65.0 cm³/mol. The highest BCUT2D eigenvalue weighted by atomic mass is 16.5. The molecule has 1 aliphatic heterocycles. The largest absolute Gasteiger partial charge is 0.497 e. The highest BCUT2D eigenvalue weighted by Gasteiger charge is 2.90. The summed E-state index contributed by atoms with van der Waals surface area (Å²) in [6.45, 7) is 0. The van der Waals surface area contributed by atoms with Crippen molar-refractivity contribution in [2.24, 2.45) is 10.8 Å². The lowest BCUT2D eigenvalue weighted by atomic mass is 9.98. The SMILES string of the molecule is COc1cccc(C2[C@]3(C#N)C(=O)NC(=O)[C@@]23C#N)c1. The van der Waals surface area contributed by atoms with E-state index in [9.17, 15) is 20.1 Å². The van der Waals surface area contributed by atoms with E-state index >= 15 is 0 Å². The Hall–Kier alpha value is -2.86. The van der Waals surface area contributed by atoms with Crippen LogP contribution in [0.2, 0.25) is 0 Å². The van der Waals surface area contributed by atoms with Crippen molar-refractivity contribution in [2.45, 2.75) is 5.92 Å². The number of nitriles is 2. The summed E-state index contributed by atoms with van der Waals surface area (Å²) >= 11 is 0. The molecule has 1 heterocycles. The van der Waals surface area contributed by atoms with E-state index in [-0.39, 0.29) is 0 Å². The molecule has 1 N–H and O–H groups in total. The van der Waals surface area contributed by atoms with Crippen LogP contribution in [-0.4, -0.2) is 18.9 Å². The zero-order chi connectivity index (χ0) is 14.5. The van der Waals surface area contributed by atoms with Crippen LogP contribution in [0, 0.1) is 33.5 Å². The number of ether oxygens (including phenoxy) is 1. The number of fused-ring (bicyclic) bond motifs is 1. The average Bonchev–Trinajstić information content (AvgIpc) is 3.05. The first-order valence-electron chi connectivity index (χ1n) is 5.91. The van der Waals surface area contributed by atoms with Gasteiger partial charge in [0.15, 0.2) is 10.8 Å². The number of amides is 2. The molecule has 2 fully saturated rings. The summed E-state index contributed by atoms with van der Waals surface area (Å²) in [5.41, 5.74) is -2.66. The van der Waals surface area contributed by atoms with Crippen LogP contribution in [0.15, 0.2) is 24.3 Å². The van der Waals surface area contributed by atoms with Gasteiger partial charge in [-0.15, -0.1) is 0 Å². The number of carbonyl (C=O) groups excluding carboxylic acids is 2. The van der Waals surface area contributed by atoms with E-state index in [0.29, 0.717) is 11.3 Å². The molecule has 98 valence electrons. The molecule has 0 aromatic heterocycles. The van der Waals surface area contributed by atoms with Crippen molar-refractivity contribution in [1.29, 1.82) is 10.5 Å². The third-order valence-electron chi connectivity index (χ3n) is 4.13. The van der Waals surface area contributed by atoms with Gasteiger partial charge in [0.05, 0.1) is 19.2 Å². The lowest BCUT2D eigenvalue weighted by molar-refractivity contribution is -0.128. The van der Waals surface area contributed by atoms with Gasteiger partial charge in [0.2, 0.25) is 11.8 Å². The molecular weight excluding hydrogens is 258 g/mol. The number of hydrogen-bond acceptors (Lipinski definition) is 5. The Morgan fingerprint density at radius 1 is 1.20 bits per heavy atom. The Kier molecular flexibility index (Phi) is 2.18. The summed E-state index contributed by atoms with van der Waals surface area (Å²) in [4.78, 5) is 23.9. The Bertz CT molecular complexity index is 692. The molecule has 0 bridgehead atoms. The number of piperidine rings is 1. The van der Waals surface area contributed by atoms with Crippen LogP contribution in [0.1, 0.15) is 11.5 Å². The van der Waals surface area contributed by atoms with E-state index in [0.717, 1.165) is 0 Å². The van der Waals surface area contributed by atoms with Crippen molar-refractivity contribution in [1.82, 2.24) is 5.32 Å². The first-order chi connectivity index (χ1) is 9.58. The molecule has 0 radical (unpaired) electrons. The van der Waals surface area contributed by atoms with E-state index in [4.69, 9.17) is 4.74 Å². The van der Waals surface area contributed by atoms with Crippen molar-refractivity contribution in [2.75, 3.05) is 7.11 Å². The molecule has 1 saturated heterocycles. The smallest absolute Gasteiger partial charge is 0.250 e. The quantitative estimate of drug-likeness (QED) is 0.784. The summed E-state index contributed by atoms with van der Waals surface area (Å²) in [7, 11) is 1.49. The molecule has 20 heavy (non-hydrogen) atoms. The van der Waals surface area contributed by atoms with Crippen molar-refractivity contribution in [3.63, 3.8) is 0 Å². The van der Waals surface area contributed by atoms with Crippen molar-refractivity contribution in [3.8, 4) is 17.9 Å². The fourth-order valence-electron chi connectivity index (χ4n) is 3.12. The van der Waals surface area contributed by atoms with E-state index in [1.165, 1.54) is 7.11 Å². The molecule has 1 aromatic rings. The summed E-state index contributed by atoms with van der Waals surface area (Å²) in [5.74, 6) is -1.60. The highest BCUT2D eigenvalue weighted by Crippen LogP contribution is 2.76. The third-order valence-corrected chi connectivity index (χ3v) is 4.13. The maximum Gasteiger partial charge on any atom is 0.250 e. The maximum atomic E-state index is 11.9. The molecule has 2 atom stereocenters. The van der Waals surface area contributed by atoms with Crippen LogP contribution in [0.3, 0.4) is 0 Å². The molecule has 1 aliphatic carbocycles. The number of carbonyl (C=O) groups is 2. The number of benzene rings is 1. The topological polar surface area (TPSA) is 103 Å². The normalized spacial score (nSPS) is 33.6. The van der Waals surface area contributed by atoms with Crippen LogP contribution < -0.4 is 10.1 Å². The molecule has 2 amide bonds. The molecule has 2 aliphatic rings. The minimum absolute atomic E-state index is 0.543. The fourth-order valence-corrected chi connectivity index (χ4v) is 3.12. The summed E-state index contributed by atoms with van der Waals surface area (Å²) in [5, 5.41) is 20.8. The molecule has 0 unspecified atom stereocenters. The van der Waals surface area contributed by atoms with Crippen LogP contribution in [0.25, 0.3) is 0 Å². The molecule has 0 spiro atoms. The second kappa shape index (κ2) is 3.58. The number of methoxy groups -OCH3 is 1. The fraction of sp³-hybridized carbons (Fsp3) is 0.286. The Labute approximate surface area is 114 Å². The van der Waals surface area contributed by atoms with Crippen molar-refractivity contribution in [3.05, 3.63) is 29.8 Å². The first kappa shape index (κ1) is 12.2. The van der Waals surface area contributed by atoms with Gasteiger partial charge in [-0.2, -0.15) is 10.5 Å². The Balaban J connectivity index is 2.17. The van der Waals surface area contributed by atoms with Crippen molar-refractivity contribution < 1.29 is 14.3 Å². The van der Waals surface area contributed by atoms with Gasteiger partial charge < -0.3 is 4.74 Å². The molecule has 1 aromatic carbocycles.